The van der Waals surface area contributed by atoms with Gasteiger partial charge in [-0.15, -0.1) is 0 Å². The number of carbonyl (C=O) groups is 2. The minimum Gasteiger partial charge on any atom is -0.342 e. The Morgan fingerprint density at radius 2 is 1.63 bits per heavy atom. The molecule has 0 aromatic heterocycles. The van der Waals surface area contributed by atoms with Crippen LogP contribution in [0, 0.1) is 0 Å². The Hall–Kier alpha value is -1.92. The number of anilines is 1. The van der Waals surface area contributed by atoms with E-state index in [0.29, 0.717) is 12.5 Å². The number of piperazine rings is 1. The van der Waals surface area contributed by atoms with E-state index >= 15 is 0 Å². The van der Waals surface area contributed by atoms with E-state index in [9.17, 15) is 9.59 Å². The van der Waals surface area contributed by atoms with Gasteiger partial charge in [-0.2, -0.15) is 0 Å². The van der Waals surface area contributed by atoms with Gasteiger partial charge < -0.3 is 10.2 Å². The third kappa shape index (κ3) is 5.82. The highest BCUT2D eigenvalue weighted by atomic mass is 16.2. The number of piperidine rings is 1. The van der Waals surface area contributed by atoms with Crippen molar-refractivity contribution in [3.8, 4) is 0 Å². The summed E-state index contributed by atoms with van der Waals surface area (Å²) < 4.78 is 0. The van der Waals surface area contributed by atoms with Crippen LogP contribution in [-0.2, 0) is 9.59 Å². The summed E-state index contributed by atoms with van der Waals surface area (Å²) in [5, 5.41) is 3.15. The number of rotatable bonds is 7. The van der Waals surface area contributed by atoms with Crippen molar-refractivity contribution in [2.75, 3.05) is 51.1 Å². The zero-order valence-corrected chi connectivity index (χ0v) is 18.9. The molecule has 1 aromatic carbocycles. The molecule has 0 bridgehead atoms. The van der Waals surface area contributed by atoms with Gasteiger partial charge in [-0.3, -0.25) is 19.4 Å². The molecular weight excluding hydrogens is 376 g/mol. The standard InChI is InChI=1S/C24H38N4O2/c1-4-19(2)21-10-6-7-11-22(21)25-24(30)20(3)27-16-14-26(15-17-27)18-23(29)28-12-8-5-9-13-28/h6-7,10-11,19-20H,4-5,8-9,12-18H2,1-3H3,(H,25,30). The Morgan fingerprint density at radius 1 is 0.967 bits per heavy atom. The predicted octanol–water partition coefficient (Wildman–Crippen LogP) is 3.16. The maximum absolute atomic E-state index is 12.9. The van der Waals surface area contributed by atoms with Gasteiger partial charge in [0.2, 0.25) is 11.8 Å². The Balaban J connectivity index is 1.48. The van der Waals surface area contributed by atoms with Crippen LogP contribution < -0.4 is 5.32 Å². The molecule has 2 amide bonds. The number of benzene rings is 1. The normalized spacial score (nSPS) is 20.6. The monoisotopic (exact) mass is 414 g/mol. The highest BCUT2D eigenvalue weighted by Crippen LogP contribution is 2.26. The Bertz CT molecular complexity index is 709. The molecule has 0 aliphatic carbocycles. The topological polar surface area (TPSA) is 55.9 Å². The summed E-state index contributed by atoms with van der Waals surface area (Å²) in [6.45, 7) is 12.0. The maximum Gasteiger partial charge on any atom is 0.241 e. The molecule has 1 aromatic rings. The lowest BCUT2D eigenvalue weighted by atomic mass is 9.97. The van der Waals surface area contributed by atoms with Gasteiger partial charge in [-0.1, -0.05) is 32.0 Å². The number of para-hydroxylation sites is 1. The van der Waals surface area contributed by atoms with Crippen molar-refractivity contribution in [2.24, 2.45) is 0 Å². The molecule has 2 fully saturated rings. The lowest BCUT2D eigenvalue weighted by Gasteiger charge is -2.38. The first kappa shape index (κ1) is 22.8. The first-order valence-electron chi connectivity index (χ1n) is 11.6. The van der Waals surface area contributed by atoms with Crippen LogP contribution in [0.5, 0.6) is 0 Å². The maximum atomic E-state index is 12.9. The lowest BCUT2D eigenvalue weighted by Crippen LogP contribution is -2.54. The van der Waals surface area contributed by atoms with Gasteiger partial charge in [-0.25, -0.2) is 0 Å². The van der Waals surface area contributed by atoms with Crippen LogP contribution in [0.25, 0.3) is 0 Å². The molecule has 0 spiro atoms. The minimum absolute atomic E-state index is 0.0450. The van der Waals surface area contributed by atoms with Crippen LogP contribution in [0.2, 0.25) is 0 Å². The van der Waals surface area contributed by atoms with Gasteiger partial charge in [0.25, 0.3) is 0 Å². The predicted molar refractivity (Wildman–Crippen MR) is 122 cm³/mol. The molecule has 6 nitrogen and oxygen atoms in total. The summed E-state index contributed by atoms with van der Waals surface area (Å²) in [6.07, 6.45) is 4.55. The second-order valence-corrected chi connectivity index (χ2v) is 8.82. The highest BCUT2D eigenvalue weighted by Gasteiger charge is 2.28. The summed E-state index contributed by atoms with van der Waals surface area (Å²) in [5.41, 5.74) is 2.12. The number of hydrogen-bond donors (Lipinski definition) is 1. The fourth-order valence-corrected chi connectivity index (χ4v) is 4.41. The van der Waals surface area contributed by atoms with Gasteiger partial charge in [0.15, 0.2) is 0 Å². The molecule has 2 aliphatic heterocycles. The quantitative estimate of drug-likeness (QED) is 0.745. The zero-order valence-electron chi connectivity index (χ0n) is 18.9. The van der Waals surface area contributed by atoms with Crippen molar-refractivity contribution < 1.29 is 9.59 Å². The molecule has 3 rings (SSSR count). The third-order valence-electron chi connectivity index (χ3n) is 6.76. The molecule has 2 aliphatic rings. The second kappa shape index (κ2) is 10.9. The van der Waals surface area contributed by atoms with E-state index in [1.54, 1.807) is 0 Å². The number of amides is 2. The van der Waals surface area contributed by atoms with Gasteiger partial charge in [0, 0.05) is 45.0 Å². The van der Waals surface area contributed by atoms with E-state index in [-0.39, 0.29) is 17.9 Å². The van der Waals surface area contributed by atoms with Crippen molar-refractivity contribution in [3.05, 3.63) is 29.8 Å². The summed E-state index contributed by atoms with van der Waals surface area (Å²) in [6, 6.07) is 7.92. The second-order valence-electron chi connectivity index (χ2n) is 8.82. The Labute approximate surface area is 181 Å². The summed E-state index contributed by atoms with van der Waals surface area (Å²) >= 11 is 0. The number of likely N-dealkylation sites (tertiary alicyclic amines) is 1. The first-order valence-corrected chi connectivity index (χ1v) is 11.6. The molecule has 6 heteroatoms. The third-order valence-corrected chi connectivity index (χ3v) is 6.76. The van der Waals surface area contributed by atoms with Gasteiger partial charge in [-0.05, 0) is 50.2 Å². The van der Waals surface area contributed by atoms with Crippen LogP contribution in [-0.4, -0.2) is 78.4 Å². The summed E-state index contributed by atoms with van der Waals surface area (Å²) in [5.74, 6) is 0.719. The highest BCUT2D eigenvalue weighted by molar-refractivity contribution is 5.95. The van der Waals surface area contributed by atoms with Gasteiger partial charge in [0.1, 0.15) is 0 Å². The van der Waals surface area contributed by atoms with Gasteiger partial charge >= 0.3 is 0 Å². The van der Waals surface area contributed by atoms with Crippen LogP contribution in [0.3, 0.4) is 0 Å². The van der Waals surface area contributed by atoms with Crippen molar-refractivity contribution in [2.45, 2.75) is 58.4 Å². The van der Waals surface area contributed by atoms with E-state index in [0.717, 1.165) is 64.2 Å². The number of carbonyl (C=O) groups excluding carboxylic acids is 2. The largest absolute Gasteiger partial charge is 0.342 e. The van der Waals surface area contributed by atoms with E-state index in [2.05, 4.69) is 35.0 Å². The molecule has 2 heterocycles. The Kier molecular flexibility index (Phi) is 8.28. The molecule has 166 valence electrons. The smallest absolute Gasteiger partial charge is 0.241 e. The molecule has 0 saturated carbocycles. The van der Waals surface area contributed by atoms with Crippen molar-refractivity contribution >= 4 is 17.5 Å². The molecular formula is C24H38N4O2. The zero-order chi connectivity index (χ0) is 21.5. The van der Waals surface area contributed by atoms with Crippen LogP contribution in [0.1, 0.15) is 57.9 Å². The average Bonchev–Trinajstić information content (AvgIpc) is 2.79. The first-order chi connectivity index (χ1) is 14.5. The number of nitrogens with zero attached hydrogens (tertiary/aromatic N) is 3. The van der Waals surface area contributed by atoms with Crippen molar-refractivity contribution in [1.82, 2.24) is 14.7 Å². The van der Waals surface area contributed by atoms with Crippen molar-refractivity contribution in [1.29, 1.82) is 0 Å². The van der Waals surface area contributed by atoms with Crippen molar-refractivity contribution in [3.63, 3.8) is 0 Å². The van der Waals surface area contributed by atoms with E-state index in [4.69, 9.17) is 0 Å². The van der Waals surface area contributed by atoms with Crippen LogP contribution in [0.4, 0.5) is 5.69 Å². The summed E-state index contributed by atoms with van der Waals surface area (Å²) in [4.78, 5) is 31.9. The number of hydrogen-bond acceptors (Lipinski definition) is 4. The molecule has 2 unspecified atom stereocenters. The van der Waals surface area contributed by atoms with E-state index in [1.165, 1.54) is 12.0 Å². The summed E-state index contributed by atoms with van der Waals surface area (Å²) in [7, 11) is 0. The number of nitrogens with one attached hydrogen (secondary N) is 1. The molecule has 1 N–H and O–H groups in total. The van der Waals surface area contributed by atoms with Crippen LogP contribution >= 0.6 is 0 Å². The fraction of sp³-hybridized carbons (Fsp3) is 0.667. The minimum atomic E-state index is -0.185. The molecule has 2 atom stereocenters. The van der Waals surface area contributed by atoms with E-state index < -0.39 is 0 Å². The van der Waals surface area contributed by atoms with Gasteiger partial charge in [0.05, 0.1) is 12.6 Å². The molecule has 2 saturated heterocycles. The van der Waals surface area contributed by atoms with E-state index in [1.807, 2.05) is 30.0 Å². The SMILES string of the molecule is CCC(C)c1ccccc1NC(=O)C(C)N1CCN(CC(=O)N2CCCCC2)CC1. The fourth-order valence-electron chi connectivity index (χ4n) is 4.41. The lowest BCUT2D eigenvalue weighted by molar-refractivity contribution is -0.134. The average molecular weight is 415 g/mol. The van der Waals surface area contributed by atoms with Crippen LogP contribution in [0.15, 0.2) is 24.3 Å². The molecule has 0 radical (unpaired) electrons. The molecule has 30 heavy (non-hydrogen) atoms. The Morgan fingerprint density at radius 3 is 2.30 bits per heavy atom.